The number of amides is 1. The van der Waals surface area contributed by atoms with Gasteiger partial charge in [-0.2, -0.15) is 0 Å². The van der Waals surface area contributed by atoms with Crippen LogP contribution in [0.3, 0.4) is 0 Å². The average molecular weight is 279 g/mol. The fraction of sp³-hybridized carbons (Fsp3) is 0.0833. The zero-order chi connectivity index (χ0) is 13.8. The molecule has 0 fully saturated rings. The van der Waals surface area contributed by atoms with Gasteiger partial charge in [-0.3, -0.25) is 4.79 Å². The van der Waals surface area contributed by atoms with Crippen molar-refractivity contribution in [2.45, 2.75) is 0 Å². The molecule has 19 heavy (non-hydrogen) atoms. The molecule has 0 saturated heterocycles. The predicted octanol–water partition coefficient (Wildman–Crippen LogP) is 1.97. The van der Waals surface area contributed by atoms with Gasteiger partial charge in [0.15, 0.2) is 0 Å². The lowest BCUT2D eigenvalue weighted by molar-refractivity contribution is 0.102. The quantitative estimate of drug-likeness (QED) is 0.662. The number of hydrogen-bond acceptors (Lipinski definition) is 5. The van der Waals surface area contributed by atoms with E-state index in [4.69, 9.17) is 22.1 Å². The van der Waals surface area contributed by atoms with E-state index in [1.165, 1.54) is 25.6 Å². The summed E-state index contributed by atoms with van der Waals surface area (Å²) in [5.74, 6) is 0.491. The van der Waals surface area contributed by atoms with E-state index in [0.717, 1.165) is 0 Å². The lowest BCUT2D eigenvalue weighted by Gasteiger charge is -2.07. The summed E-state index contributed by atoms with van der Waals surface area (Å²) in [6.45, 7) is 0. The molecule has 0 bridgehead atoms. The Morgan fingerprint density at radius 3 is 2.79 bits per heavy atom. The summed E-state index contributed by atoms with van der Waals surface area (Å²) in [6.07, 6.45) is 1.26. The van der Waals surface area contributed by atoms with Crippen molar-refractivity contribution in [1.29, 1.82) is 0 Å². The number of rotatable bonds is 3. The summed E-state index contributed by atoms with van der Waals surface area (Å²) in [5.41, 5.74) is 6.52. The number of carbonyl (C=O) groups is 1. The SMILES string of the molecule is COc1ccc(C(=O)Nc2cc(Cl)ncn2)cc1N. The van der Waals surface area contributed by atoms with Crippen LogP contribution in [0, 0.1) is 0 Å². The molecular formula is C12H11ClN4O2. The highest BCUT2D eigenvalue weighted by atomic mass is 35.5. The molecule has 1 aromatic heterocycles. The number of halogens is 1. The van der Waals surface area contributed by atoms with Gasteiger partial charge in [-0.05, 0) is 18.2 Å². The maximum Gasteiger partial charge on any atom is 0.256 e. The van der Waals surface area contributed by atoms with Gasteiger partial charge in [-0.25, -0.2) is 9.97 Å². The minimum Gasteiger partial charge on any atom is -0.495 e. The maximum absolute atomic E-state index is 12.0. The molecule has 0 unspecified atom stereocenters. The standard InChI is InChI=1S/C12H11ClN4O2/c1-19-9-3-2-7(4-8(9)14)12(18)17-11-5-10(13)15-6-16-11/h2-6H,14H2,1H3,(H,15,16,17,18). The molecule has 0 spiro atoms. The van der Waals surface area contributed by atoms with Gasteiger partial charge in [0, 0.05) is 11.6 Å². The number of methoxy groups -OCH3 is 1. The minimum absolute atomic E-state index is 0.250. The first-order valence-electron chi connectivity index (χ1n) is 5.32. The van der Waals surface area contributed by atoms with Gasteiger partial charge in [0.1, 0.15) is 23.0 Å². The Bertz CT molecular complexity index is 618. The van der Waals surface area contributed by atoms with Crippen LogP contribution in [0.1, 0.15) is 10.4 Å². The largest absolute Gasteiger partial charge is 0.495 e. The summed E-state index contributed by atoms with van der Waals surface area (Å²) in [5, 5.41) is 2.84. The van der Waals surface area contributed by atoms with Crippen molar-refractivity contribution in [3.8, 4) is 5.75 Å². The predicted molar refractivity (Wildman–Crippen MR) is 72.4 cm³/mol. The van der Waals surface area contributed by atoms with Crippen molar-refractivity contribution in [3.05, 3.63) is 41.3 Å². The van der Waals surface area contributed by atoms with Gasteiger partial charge in [-0.1, -0.05) is 11.6 Å². The fourth-order valence-corrected chi connectivity index (χ4v) is 1.61. The van der Waals surface area contributed by atoms with Crippen molar-refractivity contribution < 1.29 is 9.53 Å². The Kier molecular flexibility index (Phi) is 3.82. The summed E-state index contributed by atoms with van der Waals surface area (Å²) < 4.78 is 5.02. The van der Waals surface area contributed by atoms with E-state index in [-0.39, 0.29) is 11.1 Å². The smallest absolute Gasteiger partial charge is 0.256 e. The molecule has 0 radical (unpaired) electrons. The van der Waals surface area contributed by atoms with E-state index in [1.54, 1.807) is 12.1 Å². The number of nitrogens with zero attached hydrogens (tertiary/aromatic N) is 2. The van der Waals surface area contributed by atoms with Crippen molar-refractivity contribution in [2.24, 2.45) is 0 Å². The molecule has 98 valence electrons. The number of nitrogens with two attached hydrogens (primary N) is 1. The lowest BCUT2D eigenvalue weighted by Crippen LogP contribution is -2.13. The highest BCUT2D eigenvalue weighted by Gasteiger charge is 2.09. The van der Waals surface area contributed by atoms with E-state index in [2.05, 4.69) is 15.3 Å². The van der Waals surface area contributed by atoms with Crippen molar-refractivity contribution >= 4 is 29.0 Å². The number of nitrogen functional groups attached to an aromatic ring is 1. The highest BCUT2D eigenvalue weighted by Crippen LogP contribution is 2.22. The molecule has 0 aliphatic carbocycles. The minimum atomic E-state index is -0.343. The third kappa shape index (κ3) is 3.11. The molecule has 0 atom stereocenters. The number of anilines is 2. The van der Waals surface area contributed by atoms with Gasteiger partial charge in [-0.15, -0.1) is 0 Å². The van der Waals surface area contributed by atoms with Crippen LogP contribution in [-0.4, -0.2) is 23.0 Å². The molecule has 7 heteroatoms. The van der Waals surface area contributed by atoms with E-state index in [1.807, 2.05) is 0 Å². The van der Waals surface area contributed by atoms with Gasteiger partial charge >= 0.3 is 0 Å². The molecule has 0 aliphatic rings. The first-order valence-corrected chi connectivity index (χ1v) is 5.70. The molecule has 6 nitrogen and oxygen atoms in total. The molecule has 1 amide bonds. The van der Waals surface area contributed by atoms with Crippen LogP contribution in [0.2, 0.25) is 5.15 Å². The van der Waals surface area contributed by atoms with E-state index >= 15 is 0 Å². The Labute approximate surface area is 114 Å². The number of ether oxygens (including phenoxy) is 1. The first-order chi connectivity index (χ1) is 9.10. The molecule has 0 saturated carbocycles. The van der Waals surface area contributed by atoms with Crippen LogP contribution in [0.15, 0.2) is 30.6 Å². The van der Waals surface area contributed by atoms with Crippen LogP contribution in [0.5, 0.6) is 5.75 Å². The Balaban J connectivity index is 2.18. The summed E-state index contributed by atoms with van der Waals surface area (Å²) in [4.78, 5) is 19.6. The molecule has 2 aromatic rings. The second-order valence-corrected chi connectivity index (χ2v) is 4.02. The molecule has 0 aliphatic heterocycles. The second-order valence-electron chi connectivity index (χ2n) is 3.64. The van der Waals surface area contributed by atoms with Gasteiger partial charge in [0.25, 0.3) is 5.91 Å². The molecule has 1 heterocycles. The zero-order valence-corrected chi connectivity index (χ0v) is 10.8. The topological polar surface area (TPSA) is 90.1 Å². The van der Waals surface area contributed by atoms with Crippen LogP contribution in [0.4, 0.5) is 11.5 Å². The average Bonchev–Trinajstić information content (AvgIpc) is 2.38. The van der Waals surface area contributed by atoms with Crippen molar-refractivity contribution in [1.82, 2.24) is 9.97 Å². The number of benzene rings is 1. The van der Waals surface area contributed by atoms with Crippen molar-refractivity contribution in [2.75, 3.05) is 18.2 Å². The van der Waals surface area contributed by atoms with Gasteiger partial charge < -0.3 is 15.8 Å². The number of hydrogen-bond donors (Lipinski definition) is 2. The van der Waals surface area contributed by atoms with E-state index in [0.29, 0.717) is 22.8 Å². The van der Waals surface area contributed by atoms with Crippen molar-refractivity contribution in [3.63, 3.8) is 0 Å². The summed E-state index contributed by atoms with van der Waals surface area (Å²) in [6, 6.07) is 6.20. The van der Waals surface area contributed by atoms with Gasteiger partial charge in [0.2, 0.25) is 0 Å². The molecule has 1 aromatic carbocycles. The lowest BCUT2D eigenvalue weighted by atomic mass is 10.2. The van der Waals surface area contributed by atoms with E-state index in [9.17, 15) is 4.79 Å². The van der Waals surface area contributed by atoms with Crippen LogP contribution in [-0.2, 0) is 0 Å². The van der Waals surface area contributed by atoms with Crippen LogP contribution < -0.4 is 15.8 Å². The monoisotopic (exact) mass is 278 g/mol. The molecule has 2 rings (SSSR count). The van der Waals surface area contributed by atoms with Crippen LogP contribution in [0.25, 0.3) is 0 Å². The highest BCUT2D eigenvalue weighted by molar-refractivity contribution is 6.29. The van der Waals surface area contributed by atoms with Crippen LogP contribution >= 0.6 is 11.6 Å². The fourth-order valence-electron chi connectivity index (χ4n) is 1.47. The van der Waals surface area contributed by atoms with E-state index < -0.39 is 0 Å². The first kappa shape index (κ1) is 13.1. The zero-order valence-electron chi connectivity index (χ0n) is 10.1. The number of nitrogens with one attached hydrogen (secondary N) is 1. The normalized spacial score (nSPS) is 10.0. The Hall–Kier alpha value is -2.34. The number of carbonyl (C=O) groups excluding carboxylic acids is 1. The third-order valence-electron chi connectivity index (χ3n) is 2.37. The molecular weight excluding hydrogens is 268 g/mol. The Morgan fingerprint density at radius 2 is 2.16 bits per heavy atom. The maximum atomic E-state index is 12.0. The summed E-state index contributed by atoms with van der Waals surface area (Å²) in [7, 11) is 1.51. The third-order valence-corrected chi connectivity index (χ3v) is 2.57. The summed E-state index contributed by atoms with van der Waals surface area (Å²) >= 11 is 5.70. The Morgan fingerprint density at radius 1 is 1.37 bits per heavy atom. The second kappa shape index (κ2) is 5.53. The molecule has 3 N–H and O–H groups in total. The van der Waals surface area contributed by atoms with Gasteiger partial charge in [0.05, 0.1) is 12.8 Å². The number of aromatic nitrogens is 2.